The quantitative estimate of drug-likeness (QED) is 0.536. The predicted molar refractivity (Wildman–Crippen MR) is 55.0 cm³/mol. The highest BCUT2D eigenvalue weighted by atomic mass is 35.5. The molecular weight excluding hydrogens is 190 g/mol. The second kappa shape index (κ2) is 5.04. The van der Waals surface area contributed by atoms with Gasteiger partial charge in [-0.05, 0) is 30.3 Å². The van der Waals surface area contributed by atoms with Gasteiger partial charge in [-0.15, -0.1) is 0 Å². The third-order valence-electron chi connectivity index (χ3n) is 1.52. The van der Waals surface area contributed by atoms with Crippen LogP contribution in [0.2, 0.25) is 5.02 Å². The van der Waals surface area contributed by atoms with Crippen LogP contribution in [0, 0.1) is 0 Å². The van der Waals surface area contributed by atoms with Crippen molar-refractivity contribution >= 4 is 29.0 Å². The summed E-state index contributed by atoms with van der Waals surface area (Å²) < 4.78 is 0. The molecule has 0 saturated heterocycles. The maximum Gasteiger partial charge on any atom is 0.0585 e. The van der Waals surface area contributed by atoms with Crippen molar-refractivity contribution in [2.75, 3.05) is 6.54 Å². The van der Waals surface area contributed by atoms with Gasteiger partial charge in [-0.1, -0.05) is 29.8 Å². The topological polar surface area (TPSA) is 12.4 Å². The summed E-state index contributed by atoms with van der Waals surface area (Å²) in [5.41, 5.74) is 1.10. The first kappa shape index (κ1) is 9.40. The maximum absolute atomic E-state index is 5.92. The fourth-order valence-corrected chi connectivity index (χ4v) is 1.24. The van der Waals surface area contributed by atoms with E-state index in [0.717, 1.165) is 17.0 Å². The van der Waals surface area contributed by atoms with Gasteiger partial charge in [0.25, 0.3) is 0 Å². The van der Waals surface area contributed by atoms with Crippen molar-refractivity contribution in [3.05, 3.63) is 34.9 Å². The SMILES string of the molecule is S=C=NCCc1ccccc1Cl. The van der Waals surface area contributed by atoms with Crippen LogP contribution in [0.5, 0.6) is 0 Å². The van der Waals surface area contributed by atoms with Gasteiger partial charge in [-0.2, -0.15) is 0 Å². The first-order chi connectivity index (χ1) is 5.84. The van der Waals surface area contributed by atoms with Crippen LogP contribution in [0.4, 0.5) is 0 Å². The van der Waals surface area contributed by atoms with Crippen LogP contribution in [0.3, 0.4) is 0 Å². The van der Waals surface area contributed by atoms with E-state index in [1.54, 1.807) is 0 Å². The molecule has 1 nitrogen and oxygen atoms in total. The number of hydrogen-bond acceptors (Lipinski definition) is 2. The Bertz CT molecular complexity index is 305. The zero-order valence-electron chi connectivity index (χ0n) is 6.46. The van der Waals surface area contributed by atoms with Crippen LogP contribution in [0.1, 0.15) is 5.56 Å². The van der Waals surface area contributed by atoms with Gasteiger partial charge in [0.2, 0.25) is 0 Å². The summed E-state index contributed by atoms with van der Waals surface area (Å²) in [5, 5.41) is 3.11. The molecular formula is C9H8ClNS. The largest absolute Gasteiger partial charge is 0.232 e. The van der Waals surface area contributed by atoms with Gasteiger partial charge < -0.3 is 0 Å². The molecule has 62 valence electrons. The third kappa shape index (κ3) is 2.74. The summed E-state index contributed by atoms with van der Waals surface area (Å²) in [6, 6.07) is 7.73. The smallest absolute Gasteiger partial charge is 0.0585 e. The molecule has 0 atom stereocenters. The molecule has 0 heterocycles. The highest BCUT2D eigenvalue weighted by molar-refractivity contribution is 7.78. The number of benzene rings is 1. The average Bonchev–Trinajstić information content (AvgIpc) is 2.09. The average molecular weight is 198 g/mol. The van der Waals surface area contributed by atoms with Gasteiger partial charge in [0.05, 0.1) is 11.7 Å². The van der Waals surface area contributed by atoms with Gasteiger partial charge in [0.15, 0.2) is 0 Å². The first-order valence-electron chi connectivity index (χ1n) is 3.61. The maximum atomic E-state index is 5.92. The van der Waals surface area contributed by atoms with Crippen molar-refractivity contribution in [1.82, 2.24) is 0 Å². The van der Waals surface area contributed by atoms with Crippen molar-refractivity contribution in [2.24, 2.45) is 4.99 Å². The van der Waals surface area contributed by atoms with Crippen molar-refractivity contribution < 1.29 is 0 Å². The molecule has 0 aliphatic heterocycles. The summed E-state index contributed by atoms with van der Waals surface area (Å²) in [6.07, 6.45) is 0.823. The Kier molecular flexibility index (Phi) is 3.95. The van der Waals surface area contributed by atoms with Crippen LogP contribution >= 0.6 is 23.8 Å². The number of halogens is 1. The van der Waals surface area contributed by atoms with E-state index in [1.807, 2.05) is 24.3 Å². The summed E-state index contributed by atoms with van der Waals surface area (Å²) in [4.78, 5) is 3.81. The number of thiocarbonyl (C=S) groups is 1. The molecule has 0 aliphatic rings. The lowest BCUT2D eigenvalue weighted by atomic mass is 10.1. The fourth-order valence-electron chi connectivity index (χ4n) is 0.923. The molecule has 3 heteroatoms. The van der Waals surface area contributed by atoms with E-state index in [1.165, 1.54) is 0 Å². The Morgan fingerprint density at radius 2 is 2.17 bits per heavy atom. The Hall–Kier alpha value is -0.690. The Morgan fingerprint density at radius 1 is 1.42 bits per heavy atom. The number of nitrogens with zero attached hydrogens (tertiary/aromatic N) is 1. The van der Waals surface area contributed by atoms with Crippen molar-refractivity contribution in [2.45, 2.75) is 6.42 Å². The second-order valence-electron chi connectivity index (χ2n) is 2.31. The minimum atomic E-state index is 0.660. The first-order valence-corrected chi connectivity index (χ1v) is 4.40. The number of rotatable bonds is 3. The van der Waals surface area contributed by atoms with Crippen molar-refractivity contribution in [1.29, 1.82) is 0 Å². The molecule has 0 spiro atoms. The van der Waals surface area contributed by atoms with Gasteiger partial charge in [0, 0.05) is 5.02 Å². The number of hydrogen-bond donors (Lipinski definition) is 0. The standard InChI is InChI=1S/C9H8ClNS/c10-9-4-2-1-3-8(9)5-6-11-7-12/h1-4H,5-6H2. The molecule has 1 aromatic rings. The second-order valence-corrected chi connectivity index (χ2v) is 2.90. The molecule has 0 unspecified atom stereocenters. The molecule has 1 rings (SSSR count). The molecule has 0 fully saturated rings. The molecule has 0 aromatic heterocycles. The number of aliphatic imine (C=N–C) groups is 1. The minimum Gasteiger partial charge on any atom is -0.232 e. The van der Waals surface area contributed by atoms with Crippen LogP contribution in [0.15, 0.2) is 29.3 Å². The molecule has 0 amide bonds. The van der Waals surface area contributed by atoms with E-state index >= 15 is 0 Å². The van der Waals surface area contributed by atoms with E-state index in [4.69, 9.17) is 11.6 Å². The van der Waals surface area contributed by atoms with E-state index in [9.17, 15) is 0 Å². The molecule has 0 bridgehead atoms. The van der Waals surface area contributed by atoms with E-state index in [0.29, 0.717) is 6.54 Å². The molecule has 0 aliphatic carbocycles. The molecule has 12 heavy (non-hydrogen) atoms. The monoisotopic (exact) mass is 197 g/mol. The number of isothiocyanates is 1. The normalized spacial score (nSPS) is 9.08. The Morgan fingerprint density at radius 3 is 2.83 bits per heavy atom. The van der Waals surface area contributed by atoms with Gasteiger partial charge in [-0.25, -0.2) is 4.99 Å². The Balaban J connectivity index is 2.62. The van der Waals surface area contributed by atoms with E-state index in [2.05, 4.69) is 22.4 Å². The van der Waals surface area contributed by atoms with Gasteiger partial charge in [-0.3, -0.25) is 0 Å². The highest BCUT2D eigenvalue weighted by Gasteiger charge is 1.96. The van der Waals surface area contributed by atoms with E-state index < -0.39 is 0 Å². The summed E-state index contributed by atoms with van der Waals surface area (Å²) in [5.74, 6) is 0. The van der Waals surface area contributed by atoms with Crippen molar-refractivity contribution in [3.8, 4) is 0 Å². The minimum absolute atomic E-state index is 0.660. The lowest BCUT2D eigenvalue weighted by Crippen LogP contribution is -1.89. The van der Waals surface area contributed by atoms with Crippen LogP contribution in [-0.4, -0.2) is 11.7 Å². The lowest BCUT2D eigenvalue weighted by molar-refractivity contribution is 0.977. The summed E-state index contributed by atoms with van der Waals surface area (Å²) in [7, 11) is 0. The third-order valence-corrected chi connectivity index (χ3v) is 2.01. The predicted octanol–water partition coefficient (Wildman–Crippen LogP) is 2.99. The zero-order chi connectivity index (χ0) is 8.81. The Labute approximate surface area is 82.1 Å². The van der Waals surface area contributed by atoms with Gasteiger partial charge in [0.1, 0.15) is 0 Å². The highest BCUT2D eigenvalue weighted by Crippen LogP contribution is 2.14. The lowest BCUT2D eigenvalue weighted by Gasteiger charge is -1.99. The van der Waals surface area contributed by atoms with Crippen LogP contribution in [-0.2, 0) is 6.42 Å². The molecule has 0 N–H and O–H groups in total. The molecule has 0 saturated carbocycles. The van der Waals surface area contributed by atoms with Gasteiger partial charge >= 0.3 is 0 Å². The zero-order valence-corrected chi connectivity index (χ0v) is 8.03. The molecule has 0 radical (unpaired) electrons. The summed E-state index contributed by atoms with van der Waals surface area (Å²) >= 11 is 10.4. The molecule has 1 aromatic carbocycles. The van der Waals surface area contributed by atoms with Crippen molar-refractivity contribution in [3.63, 3.8) is 0 Å². The fraction of sp³-hybridized carbons (Fsp3) is 0.222. The van der Waals surface area contributed by atoms with Crippen LogP contribution < -0.4 is 0 Å². The summed E-state index contributed by atoms with van der Waals surface area (Å²) in [6.45, 7) is 0.660. The van der Waals surface area contributed by atoms with Crippen LogP contribution in [0.25, 0.3) is 0 Å². The van der Waals surface area contributed by atoms with E-state index in [-0.39, 0.29) is 0 Å².